The molecule has 0 amide bonds. The van der Waals surface area contributed by atoms with Crippen molar-refractivity contribution >= 4 is 21.7 Å². The van der Waals surface area contributed by atoms with Gasteiger partial charge in [-0.25, -0.2) is 4.98 Å². The number of hydrogen-bond donors (Lipinski definition) is 1. The molecule has 5 aromatic rings. The second kappa shape index (κ2) is 7.53. The Kier molecular flexibility index (Phi) is 4.56. The van der Waals surface area contributed by atoms with Gasteiger partial charge < -0.3 is 9.84 Å². The van der Waals surface area contributed by atoms with Crippen LogP contribution in [0.5, 0.6) is 11.5 Å². The second-order valence-electron chi connectivity index (χ2n) is 7.21. The lowest BCUT2D eigenvalue weighted by atomic mass is 9.94. The fraction of sp³-hybridized carbons (Fsp3) is 0.0741. The minimum atomic E-state index is 0.225. The number of hydrogen-bond acceptors (Lipinski definition) is 3. The fourth-order valence-electron chi connectivity index (χ4n) is 3.96. The van der Waals surface area contributed by atoms with Gasteiger partial charge in [0, 0.05) is 10.9 Å². The Labute approximate surface area is 175 Å². The Morgan fingerprint density at radius 3 is 2.37 bits per heavy atom. The van der Waals surface area contributed by atoms with Crippen LogP contribution in [0.2, 0.25) is 0 Å². The largest absolute Gasteiger partial charge is 0.507 e. The van der Waals surface area contributed by atoms with Crippen molar-refractivity contribution in [3.63, 3.8) is 0 Å². The lowest BCUT2D eigenvalue weighted by Crippen LogP contribution is -1.93. The van der Waals surface area contributed by atoms with Gasteiger partial charge in [0.1, 0.15) is 11.5 Å². The Bertz CT molecular complexity index is 1360. The van der Waals surface area contributed by atoms with E-state index in [9.17, 15) is 5.11 Å². The van der Waals surface area contributed by atoms with E-state index in [0.717, 1.165) is 44.4 Å². The van der Waals surface area contributed by atoms with Crippen molar-refractivity contribution in [2.75, 3.05) is 6.61 Å². The number of nitrogens with zero attached hydrogens (tertiary/aromatic N) is 1. The Hall–Kier alpha value is -3.85. The predicted octanol–water partition coefficient (Wildman–Crippen LogP) is 6.83. The van der Waals surface area contributed by atoms with Crippen LogP contribution in [-0.2, 0) is 0 Å². The van der Waals surface area contributed by atoms with Crippen molar-refractivity contribution in [3.8, 4) is 33.9 Å². The number of fused-ring (bicyclic) bond motifs is 3. The molecule has 1 heterocycles. The average Bonchev–Trinajstić information content (AvgIpc) is 2.79. The molecule has 146 valence electrons. The first kappa shape index (κ1) is 18.2. The lowest BCUT2D eigenvalue weighted by Gasteiger charge is -2.14. The lowest BCUT2D eigenvalue weighted by molar-refractivity contribution is 0.340. The molecule has 0 radical (unpaired) electrons. The molecule has 30 heavy (non-hydrogen) atoms. The first-order valence-electron chi connectivity index (χ1n) is 10.1. The molecule has 5 rings (SSSR count). The average molecular weight is 391 g/mol. The van der Waals surface area contributed by atoms with E-state index < -0.39 is 0 Å². The highest BCUT2D eigenvalue weighted by molar-refractivity contribution is 6.13. The van der Waals surface area contributed by atoms with Gasteiger partial charge in [0.05, 0.1) is 17.8 Å². The number of rotatable bonds is 4. The van der Waals surface area contributed by atoms with Crippen molar-refractivity contribution in [2.24, 2.45) is 0 Å². The highest BCUT2D eigenvalue weighted by atomic mass is 16.5. The first-order chi connectivity index (χ1) is 14.7. The minimum Gasteiger partial charge on any atom is -0.507 e. The third-order valence-electron chi connectivity index (χ3n) is 5.35. The molecule has 0 atom stereocenters. The molecule has 0 aliphatic heterocycles. The van der Waals surface area contributed by atoms with E-state index >= 15 is 0 Å². The number of phenols is 1. The Morgan fingerprint density at radius 1 is 0.800 bits per heavy atom. The molecular weight excluding hydrogens is 370 g/mol. The maximum absolute atomic E-state index is 10.4. The van der Waals surface area contributed by atoms with E-state index in [-0.39, 0.29) is 5.75 Å². The first-order valence-corrected chi connectivity index (χ1v) is 10.1. The quantitative estimate of drug-likeness (QED) is 0.342. The monoisotopic (exact) mass is 391 g/mol. The van der Waals surface area contributed by atoms with Crippen molar-refractivity contribution in [1.29, 1.82) is 0 Å². The molecule has 0 saturated carbocycles. The predicted molar refractivity (Wildman–Crippen MR) is 123 cm³/mol. The van der Waals surface area contributed by atoms with Crippen LogP contribution < -0.4 is 4.74 Å². The van der Waals surface area contributed by atoms with Gasteiger partial charge in [0.2, 0.25) is 0 Å². The summed E-state index contributed by atoms with van der Waals surface area (Å²) in [7, 11) is 0. The SMILES string of the molecule is CCOc1ccc(-c2cc(-c3ccccc3O)nc3ccc4ccccc4c23)cc1. The van der Waals surface area contributed by atoms with Crippen LogP contribution in [0.3, 0.4) is 0 Å². The summed E-state index contributed by atoms with van der Waals surface area (Å²) < 4.78 is 5.62. The van der Waals surface area contributed by atoms with Gasteiger partial charge in [0.15, 0.2) is 0 Å². The molecule has 1 N–H and O–H groups in total. The van der Waals surface area contributed by atoms with Crippen LogP contribution in [-0.4, -0.2) is 16.7 Å². The summed E-state index contributed by atoms with van der Waals surface area (Å²) in [6.45, 7) is 2.62. The zero-order valence-corrected chi connectivity index (χ0v) is 16.7. The van der Waals surface area contributed by atoms with Crippen molar-refractivity contribution in [3.05, 3.63) is 91.0 Å². The molecule has 4 aromatic carbocycles. The second-order valence-corrected chi connectivity index (χ2v) is 7.21. The molecule has 0 aliphatic rings. The topological polar surface area (TPSA) is 42.4 Å². The molecule has 0 fully saturated rings. The highest BCUT2D eigenvalue weighted by Crippen LogP contribution is 2.38. The van der Waals surface area contributed by atoms with Crippen LogP contribution in [0.15, 0.2) is 91.0 Å². The molecular formula is C27H21NO2. The number of para-hydroxylation sites is 1. The van der Waals surface area contributed by atoms with Crippen LogP contribution in [0.1, 0.15) is 6.92 Å². The summed E-state index contributed by atoms with van der Waals surface area (Å²) in [5, 5.41) is 13.9. The maximum Gasteiger partial charge on any atom is 0.124 e. The van der Waals surface area contributed by atoms with Crippen molar-refractivity contribution in [2.45, 2.75) is 6.92 Å². The van der Waals surface area contributed by atoms with Crippen LogP contribution in [0.4, 0.5) is 0 Å². The minimum absolute atomic E-state index is 0.225. The molecule has 0 unspecified atom stereocenters. The van der Waals surface area contributed by atoms with Crippen molar-refractivity contribution < 1.29 is 9.84 Å². The van der Waals surface area contributed by atoms with Gasteiger partial charge in [-0.2, -0.15) is 0 Å². The zero-order valence-electron chi connectivity index (χ0n) is 16.7. The number of benzene rings is 4. The molecule has 0 saturated heterocycles. The van der Waals surface area contributed by atoms with Crippen LogP contribution >= 0.6 is 0 Å². The van der Waals surface area contributed by atoms with Gasteiger partial charge in [-0.05, 0) is 65.2 Å². The Morgan fingerprint density at radius 2 is 1.57 bits per heavy atom. The number of ether oxygens (including phenoxy) is 1. The van der Waals surface area contributed by atoms with Crippen LogP contribution in [0.25, 0.3) is 44.1 Å². The maximum atomic E-state index is 10.4. The van der Waals surface area contributed by atoms with Gasteiger partial charge >= 0.3 is 0 Å². The number of pyridine rings is 1. The van der Waals surface area contributed by atoms with E-state index in [0.29, 0.717) is 6.61 Å². The van der Waals surface area contributed by atoms with Gasteiger partial charge in [-0.1, -0.05) is 54.6 Å². The molecule has 1 aromatic heterocycles. The summed E-state index contributed by atoms with van der Waals surface area (Å²) in [5.74, 6) is 1.08. The summed E-state index contributed by atoms with van der Waals surface area (Å²) in [4.78, 5) is 4.90. The zero-order chi connectivity index (χ0) is 20.5. The molecule has 0 spiro atoms. The van der Waals surface area contributed by atoms with Crippen molar-refractivity contribution in [1.82, 2.24) is 4.98 Å². The van der Waals surface area contributed by atoms with E-state index in [1.165, 1.54) is 5.39 Å². The third-order valence-corrected chi connectivity index (χ3v) is 5.35. The Balaban J connectivity index is 1.82. The summed E-state index contributed by atoms with van der Waals surface area (Å²) in [6, 6.07) is 30.1. The normalized spacial score (nSPS) is 11.1. The van der Waals surface area contributed by atoms with Gasteiger partial charge in [-0.3, -0.25) is 0 Å². The third kappa shape index (κ3) is 3.15. The summed E-state index contributed by atoms with van der Waals surface area (Å²) in [5.41, 5.74) is 4.54. The smallest absolute Gasteiger partial charge is 0.124 e. The van der Waals surface area contributed by atoms with Crippen LogP contribution in [0, 0.1) is 0 Å². The fourth-order valence-corrected chi connectivity index (χ4v) is 3.96. The molecule has 3 nitrogen and oxygen atoms in total. The molecule has 3 heteroatoms. The van der Waals surface area contributed by atoms with E-state index in [1.54, 1.807) is 6.07 Å². The summed E-state index contributed by atoms with van der Waals surface area (Å²) in [6.07, 6.45) is 0. The van der Waals surface area contributed by atoms with Gasteiger partial charge in [-0.15, -0.1) is 0 Å². The van der Waals surface area contributed by atoms with Gasteiger partial charge in [0.25, 0.3) is 0 Å². The highest BCUT2D eigenvalue weighted by Gasteiger charge is 2.14. The number of aromatic nitrogens is 1. The molecule has 0 bridgehead atoms. The molecule has 0 aliphatic carbocycles. The van der Waals surface area contributed by atoms with E-state index in [4.69, 9.17) is 9.72 Å². The van der Waals surface area contributed by atoms with E-state index in [2.05, 4.69) is 54.6 Å². The summed E-state index contributed by atoms with van der Waals surface area (Å²) >= 11 is 0. The van der Waals surface area contributed by atoms with E-state index in [1.807, 2.05) is 37.3 Å². The number of phenolic OH excluding ortho intramolecular Hbond substituents is 1. The standard InChI is InChI=1S/C27H21NO2/c1-2-30-20-14-11-19(12-15-20)23-17-25(22-9-5-6-10-26(22)29)28-24-16-13-18-7-3-4-8-21(18)27(23)24/h3-17,29H,2H2,1H3. The number of aromatic hydroxyl groups is 1.